The molecular formula is C26H22N2O2. The Morgan fingerprint density at radius 2 is 1.53 bits per heavy atom. The number of ether oxygens (including phenoxy) is 1. The van der Waals surface area contributed by atoms with Crippen LogP contribution in [0.1, 0.15) is 28.4 Å². The minimum atomic E-state index is -0.307. The van der Waals surface area contributed by atoms with Gasteiger partial charge in [0.1, 0.15) is 12.4 Å². The summed E-state index contributed by atoms with van der Waals surface area (Å²) in [5.74, 6) is 0.219. The molecule has 4 aromatic rings. The molecule has 0 unspecified atom stereocenters. The van der Waals surface area contributed by atoms with Crippen LogP contribution in [0.3, 0.4) is 0 Å². The average Bonchev–Trinajstić information content (AvgIpc) is 2.81. The van der Waals surface area contributed by atoms with Crippen LogP contribution in [0.15, 0.2) is 102 Å². The van der Waals surface area contributed by atoms with Crippen LogP contribution < -0.4 is 10.2 Å². The lowest BCUT2D eigenvalue weighted by Crippen LogP contribution is -2.20. The predicted octanol–water partition coefficient (Wildman–Crippen LogP) is 5.57. The van der Waals surface area contributed by atoms with Crippen LogP contribution in [0.2, 0.25) is 0 Å². The molecule has 0 bridgehead atoms. The molecule has 1 N–H and O–H groups in total. The third-order valence-corrected chi connectivity index (χ3v) is 4.86. The van der Waals surface area contributed by atoms with E-state index in [9.17, 15) is 4.79 Å². The van der Waals surface area contributed by atoms with E-state index >= 15 is 0 Å². The van der Waals surface area contributed by atoms with Crippen LogP contribution >= 0.6 is 0 Å². The highest BCUT2D eigenvalue weighted by Gasteiger charge is 2.12. The predicted molar refractivity (Wildman–Crippen MR) is 121 cm³/mol. The molecule has 0 atom stereocenters. The lowest BCUT2D eigenvalue weighted by atomic mass is 10.0. The molecule has 4 rings (SSSR count). The van der Waals surface area contributed by atoms with Crippen molar-refractivity contribution >= 4 is 22.4 Å². The molecule has 0 aliphatic rings. The molecule has 0 heterocycles. The summed E-state index contributed by atoms with van der Waals surface area (Å²) in [5, 5.41) is 6.60. The van der Waals surface area contributed by atoms with Gasteiger partial charge in [0.2, 0.25) is 0 Å². The summed E-state index contributed by atoms with van der Waals surface area (Å²) in [6.07, 6.45) is 0. The molecule has 4 heteroatoms. The minimum Gasteiger partial charge on any atom is -0.488 e. The van der Waals surface area contributed by atoms with Gasteiger partial charge in [-0.2, -0.15) is 5.10 Å². The molecule has 0 saturated heterocycles. The van der Waals surface area contributed by atoms with Crippen molar-refractivity contribution in [3.05, 3.63) is 114 Å². The summed E-state index contributed by atoms with van der Waals surface area (Å²) in [6, 6.07) is 31.3. The van der Waals surface area contributed by atoms with Gasteiger partial charge in [0.05, 0.1) is 11.3 Å². The number of fused-ring (bicyclic) bond motifs is 1. The Bertz CT molecular complexity index is 1200. The van der Waals surface area contributed by atoms with Crippen LogP contribution in [0.25, 0.3) is 10.8 Å². The second kappa shape index (κ2) is 9.05. The standard InChI is InChI=1S/C26H22N2O2/c1-19(22-16-15-21-11-5-6-12-23(21)17-22)27-28-26(29)24-13-7-8-14-25(24)30-18-20-9-3-2-4-10-20/h2-17H,18H2,1H3,(H,28,29)/b27-19+. The lowest BCUT2D eigenvalue weighted by molar-refractivity contribution is 0.0950. The molecule has 30 heavy (non-hydrogen) atoms. The van der Waals surface area contributed by atoms with Crippen LogP contribution in [-0.2, 0) is 6.61 Å². The number of carbonyl (C=O) groups excluding carboxylic acids is 1. The number of benzene rings is 4. The molecule has 0 aromatic heterocycles. The van der Waals surface area contributed by atoms with Crippen molar-refractivity contribution in [1.29, 1.82) is 0 Å². The third kappa shape index (κ3) is 4.55. The monoisotopic (exact) mass is 394 g/mol. The van der Waals surface area contributed by atoms with Crippen LogP contribution in [0, 0.1) is 0 Å². The molecule has 148 valence electrons. The summed E-state index contributed by atoms with van der Waals surface area (Å²) < 4.78 is 5.87. The number of para-hydroxylation sites is 1. The van der Waals surface area contributed by atoms with Gasteiger partial charge in [0, 0.05) is 0 Å². The Balaban J connectivity index is 1.47. The molecule has 0 aliphatic carbocycles. The zero-order valence-corrected chi connectivity index (χ0v) is 16.7. The number of nitrogens with one attached hydrogen (secondary N) is 1. The van der Waals surface area contributed by atoms with Crippen molar-refractivity contribution < 1.29 is 9.53 Å². The minimum absolute atomic E-state index is 0.307. The second-order valence-corrected chi connectivity index (χ2v) is 6.97. The van der Waals surface area contributed by atoms with E-state index in [2.05, 4.69) is 34.8 Å². The summed E-state index contributed by atoms with van der Waals surface area (Å²) in [4.78, 5) is 12.7. The largest absolute Gasteiger partial charge is 0.488 e. The fourth-order valence-electron chi connectivity index (χ4n) is 3.19. The van der Waals surface area contributed by atoms with Crippen molar-refractivity contribution in [3.8, 4) is 5.75 Å². The van der Waals surface area contributed by atoms with E-state index in [0.29, 0.717) is 17.9 Å². The summed E-state index contributed by atoms with van der Waals surface area (Å²) >= 11 is 0. The average molecular weight is 394 g/mol. The smallest absolute Gasteiger partial charge is 0.275 e. The van der Waals surface area contributed by atoms with E-state index < -0.39 is 0 Å². The number of carbonyl (C=O) groups is 1. The number of nitrogens with zero attached hydrogens (tertiary/aromatic N) is 1. The van der Waals surface area contributed by atoms with Crippen molar-refractivity contribution in [2.75, 3.05) is 0 Å². The molecule has 0 saturated carbocycles. The first-order valence-electron chi connectivity index (χ1n) is 9.80. The maximum atomic E-state index is 12.7. The fourth-order valence-corrected chi connectivity index (χ4v) is 3.19. The summed E-state index contributed by atoms with van der Waals surface area (Å²) in [7, 11) is 0. The van der Waals surface area contributed by atoms with Crippen LogP contribution in [0.4, 0.5) is 0 Å². The van der Waals surface area contributed by atoms with Gasteiger partial charge in [0.15, 0.2) is 0 Å². The molecule has 0 fully saturated rings. The van der Waals surface area contributed by atoms with Crippen molar-refractivity contribution in [1.82, 2.24) is 5.43 Å². The highest BCUT2D eigenvalue weighted by atomic mass is 16.5. The molecular weight excluding hydrogens is 372 g/mol. The summed E-state index contributed by atoms with van der Waals surface area (Å²) in [5.41, 5.74) is 5.83. The highest BCUT2D eigenvalue weighted by molar-refractivity contribution is 6.03. The summed E-state index contributed by atoms with van der Waals surface area (Å²) in [6.45, 7) is 2.27. The van der Waals surface area contributed by atoms with E-state index in [1.54, 1.807) is 12.1 Å². The van der Waals surface area contributed by atoms with Gasteiger partial charge in [-0.3, -0.25) is 4.79 Å². The Morgan fingerprint density at radius 1 is 0.833 bits per heavy atom. The maximum absolute atomic E-state index is 12.7. The Kier molecular flexibility index (Phi) is 5.85. The molecule has 4 nitrogen and oxygen atoms in total. The lowest BCUT2D eigenvalue weighted by Gasteiger charge is -2.11. The van der Waals surface area contributed by atoms with Crippen LogP contribution in [0.5, 0.6) is 5.75 Å². The Hall–Kier alpha value is -3.92. The van der Waals surface area contributed by atoms with Crippen molar-refractivity contribution in [2.45, 2.75) is 13.5 Å². The zero-order valence-electron chi connectivity index (χ0n) is 16.7. The van der Waals surface area contributed by atoms with E-state index in [1.807, 2.05) is 67.6 Å². The Morgan fingerprint density at radius 3 is 2.37 bits per heavy atom. The quantitative estimate of drug-likeness (QED) is 0.343. The molecule has 0 aliphatic heterocycles. The number of amides is 1. The first kappa shape index (κ1) is 19.4. The highest BCUT2D eigenvalue weighted by Crippen LogP contribution is 2.20. The Labute approximate surface area is 175 Å². The fraction of sp³-hybridized carbons (Fsp3) is 0.0769. The second-order valence-electron chi connectivity index (χ2n) is 6.97. The van der Waals surface area contributed by atoms with Crippen molar-refractivity contribution in [2.24, 2.45) is 5.10 Å². The van der Waals surface area contributed by atoms with Gasteiger partial charge in [0.25, 0.3) is 5.91 Å². The van der Waals surface area contributed by atoms with Gasteiger partial charge in [-0.15, -0.1) is 0 Å². The van der Waals surface area contributed by atoms with E-state index in [1.165, 1.54) is 5.39 Å². The van der Waals surface area contributed by atoms with E-state index in [4.69, 9.17) is 4.74 Å². The third-order valence-electron chi connectivity index (χ3n) is 4.86. The zero-order chi connectivity index (χ0) is 20.8. The number of hydrazone groups is 1. The van der Waals surface area contributed by atoms with Gasteiger partial charge in [-0.1, -0.05) is 78.9 Å². The number of hydrogen-bond donors (Lipinski definition) is 1. The molecule has 4 aromatic carbocycles. The van der Waals surface area contributed by atoms with Gasteiger partial charge >= 0.3 is 0 Å². The first-order chi connectivity index (χ1) is 14.7. The molecule has 0 radical (unpaired) electrons. The SMILES string of the molecule is C/C(=N\NC(=O)c1ccccc1OCc1ccccc1)c1ccc2ccccc2c1. The van der Waals surface area contributed by atoms with E-state index in [0.717, 1.165) is 22.2 Å². The van der Waals surface area contributed by atoms with E-state index in [-0.39, 0.29) is 5.91 Å². The number of hydrogen-bond acceptors (Lipinski definition) is 3. The van der Waals surface area contributed by atoms with Crippen molar-refractivity contribution in [3.63, 3.8) is 0 Å². The van der Waals surface area contributed by atoms with Gasteiger partial charge in [-0.05, 0) is 47.0 Å². The van der Waals surface area contributed by atoms with Gasteiger partial charge < -0.3 is 4.74 Å². The molecule has 0 spiro atoms. The normalized spacial score (nSPS) is 11.3. The van der Waals surface area contributed by atoms with Crippen LogP contribution in [-0.4, -0.2) is 11.6 Å². The topological polar surface area (TPSA) is 50.7 Å². The number of rotatable bonds is 6. The van der Waals surface area contributed by atoms with Gasteiger partial charge in [-0.25, -0.2) is 5.43 Å². The maximum Gasteiger partial charge on any atom is 0.275 e. The molecule has 1 amide bonds. The first-order valence-corrected chi connectivity index (χ1v) is 9.80.